The van der Waals surface area contributed by atoms with Crippen molar-refractivity contribution >= 4 is 44.5 Å². The summed E-state index contributed by atoms with van der Waals surface area (Å²) in [6.45, 7) is 0. The van der Waals surface area contributed by atoms with E-state index in [4.69, 9.17) is 4.74 Å². The average Bonchev–Trinajstić information content (AvgIpc) is 2.32. The molecule has 0 saturated carbocycles. The van der Waals surface area contributed by atoms with Crippen molar-refractivity contribution in [1.29, 1.82) is 0 Å². The molecule has 0 radical (unpaired) electrons. The third kappa shape index (κ3) is 3.29. The quantitative estimate of drug-likeness (QED) is 0.408. The van der Waals surface area contributed by atoms with Gasteiger partial charge in [-0.1, -0.05) is 0 Å². The van der Waals surface area contributed by atoms with Crippen molar-refractivity contribution in [3.63, 3.8) is 0 Å². The Morgan fingerprint density at radius 3 is 2.44 bits per heavy atom. The summed E-state index contributed by atoms with van der Waals surface area (Å²) in [6.07, 6.45) is 0. The molecule has 0 saturated heterocycles. The molecule has 0 fully saturated rings. The van der Waals surface area contributed by atoms with E-state index in [0.717, 1.165) is 3.57 Å². The summed E-state index contributed by atoms with van der Waals surface area (Å²) in [5, 5.41) is 0. The number of rotatable bonds is 2. The fourth-order valence-corrected chi connectivity index (χ4v) is 2.19. The smallest absolute Gasteiger partial charge is 0.344 e. The zero-order valence-electron chi connectivity index (χ0n) is 8.99. The molecule has 0 aromatic heterocycles. The van der Waals surface area contributed by atoms with Gasteiger partial charge < -0.3 is 4.74 Å². The number of esters is 1. The van der Waals surface area contributed by atoms with E-state index in [1.165, 1.54) is 18.2 Å². The maximum Gasteiger partial charge on any atom is 0.344 e. The minimum Gasteiger partial charge on any atom is -0.423 e. The molecule has 0 bridgehead atoms. The molecule has 0 aliphatic rings. The minimum atomic E-state index is -0.525. The number of ether oxygens (including phenoxy) is 1. The second-order valence-corrected chi connectivity index (χ2v) is 5.57. The highest BCUT2D eigenvalue weighted by Gasteiger charge is 2.13. The van der Waals surface area contributed by atoms with Gasteiger partial charge in [-0.25, -0.2) is 9.18 Å². The summed E-state index contributed by atoms with van der Waals surface area (Å²) >= 11 is 5.29. The van der Waals surface area contributed by atoms with Crippen LogP contribution >= 0.6 is 38.5 Å². The van der Waals surface area contributed by atoms with Gasteiger partial charge in [-0.15, -0.1) is 0 Å². The first kappa shape index (κ1) is 13.5. The van der Waals surface area contributed by atoms with Crippen LogP contribution in [0.3, 0.4) is 0 Å². The summed E-state index contributed by atoms with van der Waals surface area (Å²) in [6, 6.07) is 10.9. The first-order valence-electron chi connectivity index (χ1n) is 4.99. The summed E-state index contributed by atoms with van der Waals surface area (Å²) in [4.78, 5) is 11.9. The van der Waals surface area contributed by atoms with Crippen LogP contribution in [0.25, 0.3) is 0 Å². The zero-order valence-corrected chi connectivity index (χ0v) is 12.7. The Labute approximate surface area is 125 Å². The summed E-state index contributed by atoms with van der Waals surface area (Å²) in [5.74, 6) is -0.479. The van der Waals surface area contributed by atoms with Crippen molar-refractivity contribution < 1.29 is 13.9 Å². The summed E-state index contributed by atoms with van der Waals surface area (Å²) in [7, 11) is 0. The van der Waals surface area contributed by atoms with E-state index in [9.17, 15) is 9.18 Å². The van der Waals surface area contributed by atoms with Crippen molar-refractivity contribution in [2.75, 3.05) is 0 Å². The van der Waals surface area contributed by atoms with E-state index in [1.807, 2.05) is 12.1 Å². The number of hydrogen-bond donors (Lipinski definition) is 0. The highest BCUT2D eigenvalue weighted by atomic mass is 127. The molecule has 2 nitrogen and oxygen atoms in total. The van der Waals surface area contributed by atoms with Crippen LogP contribution in [0.2, 0.25) is 0 Å². The molecule has 0 heterocycles. The largest absolute Gasteiger partial charge is 0.423 e. The average molecular weight is 421 g/mol. The van der Waals surface area contributed by atoms with Gasteiger partial charge in [0.15, 0.2) is 0 Å². The number of hydrogen-bond acceptors (Lipinski definition) is 2. The Hall–Kier alpha value is -0.950. The van der Waals surface area contributed by atoms with E-state index >= 15 is 0 Å². The van der Waals surface area contributed by atoms with Crippen LogP contribution in [0.5, 0.6) is 5.75 Å². The molecule has 0 spiro atoms. The molecule has 0 aliphatic carbocycles. The monoisotopic (exact) mass is 420 g/mol. The maximum atomic E-state index is 12.9. The second kappa shape index (κ2) is 5.79. The Morgan fingerprint density at radius 1 is 1.17 bits per heavy atom. The van der Waals surface area contributed by atoms with Gasteiger partial charge in [0.25, 0.3) is 0 Å². The number of carbonyl (C=O) groups is 1. The van der Waals surface area contributed by atoms with E-state index < -0.39 is 11.8 Å². The topological polar surface area (TPSA) is 26.3 Å². The number of carbonyl (C=O) groups excluding carboxylic acids is 1. The normalized spacial score (nSPS) is 10.2. The minimum absolute atomic E-state index is 0.287. The van der Waals surface area contributed by atoms with Crippen LogP contribution in [-0.2, 0) is 0 Å². The number of halogens is 3. The SMILES string of the molecule is O=C(Oc1ccc(I)cc1)c1ccc(F)cc1Br. The second-order valence-electron chi connectivity index (χ2n) is 3.47. The van der Waals surface area contributed by atoms with Crippen LogP contribution in [0.1, 0.15) is 10.4 Å². The van der Waals surface area contributed by atoms with Crippen molar-refractivity contribution in [1.82, 2.24) is 0 Å². The molecule has 0 atom stereocenters. The molecule has 0 unspecified atom stereocenters. The molecule has 0 N–H and O–H groups in total. The molecule has 92 valence electrons. The molecule has 2 aromatic carbocycles. The lowest BCUT2D eigenvalue weighted by molar-refractivity contribution is 0.0733. The molecule has 0 aliphatic heterocycles. The van der Waals surface area contributed by atoms with Crippen LogP contribution in [-0.4, -0.2) is 5.97 Å². The van der Waals surface area contributed by atoms with Gasteiger partial charge in [0, 0.05) is 8.04 Å². The van der Waals surface area contributed by atoms with Crippen molar-refractivity contribution in [2.45, 2.75) is 0 Å². The van der Waals surface area contributed by atoms with Gasteiger partial charge in [0.2, 0.25) is 0 Å². The van der Waals surface area contributed by atoms with Gasteiger partial charge in [-0.2, -0.15) is 0 Å². The first-order valence-corrected chi connectivity index (χ1v) is 6.86. The van der Waals surface area contributed by atoms with Gasteiger partial charge in [0.05, 0.1) is 5.56 Å². The zero-order chi connectivity index (χ0) is 13.1. The van der Waals surface area contributed by atoms with E-state index in [-0.39, 0.29) is 5.56 Å². The molecule has 2 rings (SSSR count). The maximum absolute atomic E-state index is 12.9. The van der Waals surface area contributed by atoms with Gasteiger partial charge in [-0.3, -0.25) is 0 Å². The van der Waals surface area contributed by atoms with Crippen molar-refractivity contribution in [3.05, 3.63) is 61.9 Å². The van der Waals surface area contributed by atoms with Crippen molar-refractivity contribution in [3.8, 4) is 5.75 Å². The fourth-order valence-electron chi connectivity index (χ4n) is 1.32. The Kier molecular flexibility index (Phi) is 4.34. The molecular formula is C13H7BrFIO2. The first-order chi connectivity index (χ1) is 8.56. The predicted octanol–water partition coefficient (Wildman–Crippen LogP) is 4.41. The predicted molar refractivity (Wildman–Crippen MR) is 78.2 cm³/mol. The molecular weight excluding hydrogens is 414 g/mol. The molecule has 0 amide bonds. The van der Waals surface area contributed by atoms with Gasteiger partial charge in [-0.05, 0) is 81.0 Å². The summed E-state index contributed by atoms with van der Waals surface area (Å²) < 4.78 is 19.5. The van der Waals surface area contributed by atoms with Gasteiger partial charge in [0.1, 0.15) is 11.6 Å². The molecule has 18 heavy (non-hydrogen) atoms. The highest BCUT2D eigenvalue weighted by molar-refractivity contribution is 14.1. The third-order valence-electron chi connectivity index (χ3n) is 2.18. The Bertz CT molecular complexity index is 584. The van der Waals surface area contributed by atoms with E-state index in [1.54, 1.807) is 12.1 Å². The lowest BCUT2D eigenvalue weighted by Crippen LogP contribution is -2.09. The van der Waals surface area contributed by atoms with Gasteiger partial charge >= 0.3 is 5.97 Å². The lowest BCUT2D eigenvalue weighted by Gasteiger charge is -2.06. The molecule has 5 heteroatoms. The fraction of sp³-hybridized carbons (Fsp3) is 0. The Balaban J connectivity index is 2.19. The van der Waals surface area contributed by atoms with Crippen molar-refractivity contribution in [2.24, 2.45) is 0 Å². The molecule has 2 aromatic rings. The van der Waals surface area contributed by atoms with Crippen LogP contribution in [0.15, 0.2) is 46.9 Å². The number of benzene rings is 2. The highest BCUT2D eigenvalue weighted by Crippen LogP contribution is 2.21. The standard InChI is InChI=1S/C13H7BrFIO2/c14-12-7-8(15)1-6-11(12)13(17)18-10-4-2-9(16)3-5-10/h1-7H. The lowest BCUT2D eigenvalue weighted by atomic mass is 10.2. The van der Waals surface area contributed by atoms with Crippen LogP contribution < -0.4 is 4.74 Å². The van der Waals surface area contributed by atoms with E-state index in [2.05, 4.69) is 38.5 Å². The van der Waals surface area contributed by atoms with Crippen LogP contribution in [0, 0.1) is 9.39 Å². The van der Waals surface area contributed by atoms with Crippen LogP contribution in [0.4, 0.5) is 4.39 Å². The Morgan fingerprint density at radius 2 is 1.83 bits per heavy atom. The summed E-state index contributed by atoms with van der Waals surface area (Å²) in [5.41, 5.74) is 0.287. The van der Waals surface area contributed by atoms with E-state index in [0.29, 0.717) is 10.2 Å². The third-order valence-corrected chi connectivity index (χ3v) is 3.55.